The Bertz CT molecular complexity index is 175. The molecule has 2 heterocycles. The highest BCUT2D eigenvalue weighted by molar-refractivity contribution is 9.09. The highest BCUT2D eigenvalue weighted by Crippen LogP contribution is 2.40. The lowest BCUT2D eigenvalue weighted by Gasteiger charge is -2.52. The summed E-state index contributed by atoms with van der Waals surface area (Å²) in [6.45, 7) is 5.18. The molecular weight excluding hydrogens is 306 g/mol. The van der Waals surface area contributed by atoms with Crippen LogP contribution in [0.2, 0.25) is 0 Å². The number of hydrogen-bond acceptors (Lipinski definition) is 1. The molecule has 0 N–H and O–H groups in total. The highest BCUT2D eigenvalue weighted by Gasteiger charge is 2.42. The molecule has 0 unspecified atom stereocenters. The van der Waals surface area contributed by atoms with Gasteiger partial charge in [0.25, 0.3) is 0 Å². The van der Waals surface area contributed by atoms with E-state index in [0.29, 0.717) is 5.54 Å². The summed E-state index contributed by atoms with van der Waals surface area (Å²) in [5.74, 6) is 0.890. The average molecular weight is 327 g/mol. The van der Waals surface area contributed by atoms with Crippen LogP contribution in [-0.4, -0.2) is 28.9 Å². The van der Waals surface area contributed by atoms with Gasteiger partial charge in [-0.3, -0.25) is 4.90 Å². The van der Waals surface area contributed by atoms with Gasteiger partial charge in [0.15, 0.2) is 0 Å². The van der Waals surface area contributed by atoms with Crippen molar-refractivity contribution in [2.45, 2.75) is 44.6 Å². The summed E-state index contributed by atoms with van der Waals surface area (Å²) in [6.07, 6.45) is 7.12. The van der Waals surface area contributed by atoms with Crippen molar-refractivity contribution in [2.24, 2.45) is 5.92 Å². The van der Waals surface area contributed by atoms with E-state index >= 15 is 0 Å². The van der Waals surface area contributed by atoms with Crippen molar-refractivity contribution in [2.75, 3.05) is 18.4 Å². The lowest BCUT2D eigenvalue weighted by atomic mass is 9.73. The minimum absolute atomic E-state index is 0. The van der Waals surface area contributed by atoms with Crippen LogP contribution in [0.25, 0.3) is 0 Å². The summed E-state index contributed by atoms with van der Waals surface area (Å²) >= 11 is 3.68. The maximum absolute atomic E-state index is 3.68. The molecule has 0 amide bonds. The molecule has 0 aliphatic carbocycles. The summed E-state index contributed by atoms with van der Waals surface area (Å²) < 4.78 is 0. The Hall–Kier alpha value is 0.920. The largest absolute Gasteiger partial charge is 0.298 e. The Morgan fingerprint density at radius 2 is 2.00 bits per heavy atom. The zero-order valence-corrected chi connectivity index (χ0v) is 12.3. The van der Waals surface area contributed by atoms with Gasteiger partial charge in [0, 0.05) is 10.9 Å². The summed E-state index contributed by atoms with van der Waals surface area (Å²) in [5.41, 5.74) is 0.528. The fourth-order valence-electron chi connectivity index (χ4n) is 3.11. The van der Waals surface area contributed by atoms with E-state index in [0.717, 1.165) is 5.92 Å². The quantitative estimate of drug-likeness (QED) is 0.665. The number of rotatable bonds is 1. The van der Waals surface area contributed by atoms with Gasteiger partial charge >= 0.3 is 0 Å². The maximum Gasteiger partial charge on any atom is 0.0217 e. The van der Waals surface area contributed by atoms with Crippen LogP contribution < -0.4 is 0 Å². The first-order valence-corrected chi connectivity index (χ1v) is 6.70. The van der Waals surface area contributed by atoms with Crippen LogP contribution in [0.3, 0.4) is 0 Å². The first kappa shape index (κ1) is 13.0. The molecule has 2 rings (SSSR count). The monoisotopic (exact) mass is 325 g/mol. The van der Waals surface area contributed by atoms with Gasteiger partial charge < -0.3 is 0 Å². The smallest absolute Gasteiger partial charge is 0.0217 e. The molecule has 0 aromatic rings. The highest BCUT2D eigenvalue weighted by atomic mass is 79.9. The number of piperidine rings is 2. The zero-order valence-electron chi connectivity index (χ0n) is 8.97. The van der Waals surface area contributed by atoms with Crippen LogP contribution in [0.4, 0.5) is 0 Å². The first-order valence-electron chi connectivity index (χ1n) is 5.58. The number of fused-ring (bicyclic) bond motifs is 1. The fourth-order valence-corrected chi connectivity index (χ4v) is 4.13. The van der Waals surface area contributed by atoms with Crippen molar-refractivity contribution in [3.05, 3.63) is 0 Å². The Labute approximate surface area is 107 Å². The summed E-state index contributed by atoms with van der Waals surface area (Å²) in [5, 5.41) is 1.19. The summed E-state index contributed by atoms with van der Waals surface area (Å²) in [7, 11) is 0. The molecule has 3 heteroatoms. The van der Waals surface area contributed by atoms with Crippen molar-refractivity contribution < 1.29 is 0 Å². The molecule has 2 saturated heterocycles. The van der Waals surface area contributed by atoms with Gasteiger partial charge in [-0.15, -0.1) is 17.0 Å². The molecule has 2 aliphatic rings. The molecule has 2 atom stereocenters. The van der Waals surface area contributed by atoms with Crippen molar-refractivity contribution in [3.8, 4) is 0 Å². The van der Waals surface area contributed by atoms with Crippen LogP contribution in [0, 0.1) is 5.92 Å². The van der Waals surface area contributed by atoms with Crippen molar-refractivity contribution in [3.63, 3.8) is 0 Å². The molecule has 0 spiro atoms. The van der Waals surface area contributed by atoms with Gasteiger partial charge in [-0.2, -0.15) is 0 Å². The topological polar surface area (TPSA) is 3.24 Å². The van der Waals surface area contributed by atoms with E-state index in [1.165, 1.54) is 50.5 Å². The third-order valence-electron chi connectivity index (χ3n) is 4.13. The van der Waals surface area contributed by atoms with Gasteiger partial charge in [-0.05, 0) is 51.6 Å². The Morgan fingerprint density at radius 3 is 2.71 bits per heavy atom. The molecule has 0 bridgehead atoms. The standard InChI is InChI=1S/C11H20BrN.BrH/c1-11-6-2-3-7-13(11)8-4-5-10(11)9-12;/h10H,2-9H2,1H3;1H/t10-,11+;/m0./s1. The van der Waals surface area contributed by atoms with Crippen LogP contribution in [-0.2, 0) is 0 Å². The third kappa shape index (κ3) is 2.19. The molecule has 14 heavy (non-hydrogen) atoms. The normalized spacial score (nSPS) is 38.6. The van der Waals surface area contributed by atoms with E-state index in [9.17, 15) is 0 Å². The zero-order chi connectivity index (χ0) is 9.31. The van der Waals surface area contributed by atoms with Gasteiger partial charge in [0.05, 0.1) is 0 Å². The molecular formula is C11H21Br2N. The van der Waals surface area contributed by atoms with Crippen LogP contribution >= 0.6 is 32.9 Å². The molecule has 84 valence electrons. The molecule has 1 nitrogen and oxygen atoms in total. The van der Waals surface area contributed by atoms with Gasteiger partial charge in [0.2, 0.25) is 0 Å². The maximum atomic E-state index is 3.68. The van der Waals surface area contributed by atoms with Crippen LogP contribution in [0.1, 0.15) is 39.0 Å². The number of hydrogen-bond donors (Lipinski definition) is 0. The molecule has 0 radical (unpaired) electrons. The molecule has 0 aromatic carbocycles. The van der Waals surface area contributed by atoms with Gasteiger partial charge in [-0.1, -0.05) is 22.4 Å². The first-order chi connectivity index (χ1) is 6.27. The van der Waals surface area contributed by atoms with Crippen molar-refractivity contribution in [1.29, 1.82) is 0 Å². The second kappa shape index (κ2) is 5.31. The SMILES string of the molecule is Br.C[C@]12CCCCN1CCC[C@H]2CBr. The van der Waals surface area contributed by atoms with E-state index in [4.69, 9.17) is 0 Å². The van der Waals surface area contributed by atoms with E-state index in [1.54, 1.807) is 0 Å². The lowest BCUT2D eigenvalue weighted by Crippen LogP contribution is -2.57. The van der Waals surface area contributed by atoms with Crippen molar-refractivity contribution >= 4 is 32.9 Å². The minimum Gasteiger partial charge on any atom is -0.298 e. The molecule has 0 aromatic heterocycles. The van der Waals surface area contributed by atoms with Gasteiger partial charge in [0.1, 0.15) is 0 Å². The predicted molar refractivity (Wildman–Crippen MR) is 70.7 cm³/mol. The summed E-state index contributed by atoms with van der Waals surface area (Å²) in [4.78, 5) is 2.74. The van der Waals surface area contributed by atoms with E-state index in [2.05, 4.69) is 27.8 Å². The molecule has 2 aliphatic heterocycles. The van der Waals surface area contributed by atoms with Crippen LogP contribution in [0.15, 0.2) is 0 Å². The van der Waals surface area contributed by atoms with Crippen molar-refractivity contribution in [1.82, 2.24) is 4.90 Å². The minimum atomic E-state index is 0. The van der Waals surface area contributed by atoms with E-state index in [-0.39, 0.29) is 17.0 Å². The van der Waals surface area contributed by atoms with E-state index < -0.39 is 0 Å². The second-order valence-electron chi connectivity index (χ2n) is 4.79. The van der Waals surface area contributed by atoms with Crippen LogP contribution in [0.5, 0.6) is 0 Å². The number of alkyl halides is 1. The summed E-state index contributed by atoms with van der Waals surface area (Å²) in [6, 6.07) is 0. The lowest BCUT2D eigenvalue weighted by molar-refractivity contribution is -0.0126. The van der Waals surface area contributed by atoms with Gasteiger partial charge in [-0.25, -0.2) is 0 Å². The number of halogens is 2. The Morgan fingerprint density at radius 1 is 1.29 bits per heavy atom. The number of nitrogens with zero attached hydrogens (tertiary/aromatic N) is 1. The third-order valence-corrected chi connectivity index (χ3v) is 4.91. The molecule has 0 saturated carbocycles. The predicted octanol–water partition coefficient (Wildman–Crippen LogP) is 3.61. The van der Waals surface area contributed by atoms with E-state index in [1.807, 2.05) is 0 Å². The Kier molecular flexibility index (Phi) is 4.93. The average Bonchev–Trinajstić information content (AvgIpc) is 2.16. The Balaban J connectivity index is 0.000000980. The molecule has 2 fully saturated rings. The fraction of sp³-hybridized carbons (Fsp3) is 1.00. The second-order valence-corrected chi connectivity index (χ2v) is 5.44.